The second-order valence-corrected chi connectivity index (χ2v) is 6.69. The number of benzene rings is 1. The van der Waals surface area contributed by atoms with Crippen molar-refractivity contribution in [1.82, 2.24) is 10.6 Å². The summed E-state index contributed by atoms with van der Waals surface area (Å²) in [7, 11) is 0. The summed E-state index contributed by atoms with van der Waals surface area (Å²) in [6, 6.07) is 5.30. The number of guanidine groups is 1. The van der Waals surface area contributed by atoms with Crippen LogP contribution in [0, 0.1) is 5.41 Å². The molecular formula is C19H29F3IN3O. The maximum absolute atomic E-state index is 12.8. The maximum Gasteiger partial charge on any atom is 0.416 e. The van der Waals surface area contributed by atoms with Gasteiger partial charge in [0.05, 0.1) is 12.1 Å². The van der Waals surface area contributed by atoms with E-state index in [1.165, 1.54) is 18.9 Å². The van der Waals surface area contributed by atoms with Crippen LogP contribution in [0.4, 0.5) is 13.2 Å². The number of rotatable bonds is 9. The van der Waals surface area contributed by atoms with Crippen molar-refractivity contribution in [1.29, 1.82) is 0 Å². The van der Waals surface area contributed by atoms with E-state index in [4.69, 9.17) is 4.74 Å². The van der Waals surface area contributed by atoms with Crippen molar-refractivity contribution in [3.8, 4) is 0 Å². The standard InChI is InChI=1S/C19H28F3N3O.HI/c1-3-23-17(25-14-18(8-9-18)10-11-26-4-2)24-13-15-6-5-7-16(12-15)19(20,21)22;/h5-7,12H,3-4,8-11,13-14H2,1-2H3,(H2,23,24,25);1H. The molecule has 0 aliphatic heterocycles. The number of nitrogens with one attached hydrogen (secondary N) is 2. The normalized spacial score (nSPS) is 15.8. The highest BCUT2D eigenvalue weighted by Gasteiger charge is 2.41. The van der Waals surface area contributed by atoms with E-state index in [1.807, 2.05) is 13.8 Å². The lowest BCUT2D eigenvalue weighted by atomic mass is 10.0. The molecule has 1 saturated carbocycles. The highest BCUT2D eigenvalue weighted by atomic mass is 127. The molecule has 2 rings (SSSR count). The molecule has 1 aromatic carbocycles. The summed E-state index contributed by atoms with van der Waals surface area (Å²) in [4.78, 5) is 4.43. The lowest BCUT2D eigenvalue weighted by Gasteiger charge is -2.18. The molecule has 0 unspecified atom stereocenters. The molecule has 1 aromatic rings. The predicted octanol–water partition coefficient (Wildman–Crippen LogP) is 4.59. The Kier molecular flexibility index (Phi) is 9.86. The van der Waals surface area contributed by atoms with E-state index in [-0.39, 0.29) is 35.9 Å². The minimum Gasteiger partial charge on any atom is -0.382 e. The van der Waals surface area contributed by atoms with Crippen LogP contribution in [-0.4, -0.2) is 32.3 Å². The Bertz CT molecular complexity index is 604. The van der Waals surface area contributed by atoms with Gasteiger partial charge in [-0.1, -0.05) is 12.1 Å². The molecule has 2 N–H and O–H groups in total. The minimum atomic E-state index is -4.33. The number of halogens is 4. The summed E-state index contributed by atoms with van der Waals surface area (Å²) >= 11 is 0. The van der Waals surface area contributed by atoms with Gasteiger partial charge in [-0.3, -0.25) is 0 Å². The third kappa shape index (κ3) is 8.25. The molecule has 0 saturated heterocycles. The van der Waals surface area contributed by atoms with Crippen molar-refractivity contribution >= 4 is 29.9 Å². The van der Waals surface area contributed by atoms with Gasteiger partial charge in [-0.15, -0.1) is 24.0 Å². The van der Waals surface area contributed by atoms with Crippen molar-refractivity contribution in [2.45, 2.75) is 45.8 Å². The van der Waals surface area contributed by atoms with Gasteiger partial charge >= 0.3 is 6.18 Å². The molecule has 1 aliphatic rings. The lowest BCUT2D eigenvalue weighted by Crippen LogP contribution is -2.40. The number of ether oxygens (including phenoxy) is 1. The number of hydrogen-bond donors (Lipinski definition) is 2. The van der Waals surface area contributed by atoms with E-state index in [2.05, 4.69) is 15.6 Å². The van der Waals surface area contributed by atoms with E-state index < -0.39 is 11.7 Å². The Balaban J connectivity index is 0.00000364. The van der Waals surface area contributed by atoms with Crippen LogP contribution in [0.15, 0.2) is 29.3 Å². The fourth-order valence-electron chi connectivity index (χ4n) is 2.75. The summed E-state index contributed by atoms with van der Waals surface area (Å²) in [6.45, 7) is 7.13. The number of nitrogens with zero attached hydrogens (tertiary/aromatic N) is 1. The van der Waals surface area contributed by atoms with E-state index in [0.717, 1.165) is 38.3 Å². The minimum absolute atomic E-state index is 0. The molecule has 4 nitrogen and oxygen atoms in total. The quantitative estimate of drug-likeness (QED) is 0.226. The fraction of sp³-hybridized carbons (Fsp3) is 0.632. The second kappa shape index (κ2) is 11.1. The summed E-state index contributed by atoms with van der Waals surface area (Å²) in [6.07, 6.45) is -0.984. The predicted molar refractivity (Wildman–Crippen MR) is 112 cm³/mol. The van der Waals surface area contributed by atoms with Crippen molar-refractivity contribution in [2.24, 2.45) is 10.4 Å². The SMILES string of the molecule is CCNC(=NCc1cccc(C(F)(F)F)c1)NCC1(CCOCC)CC1.I. The first kappa shape index (κ1) is 24.0. The monoisotopic (exact) mass is 499 g/mol. The fourth-order valence-corrected chi connectivity index (χ4v) is 2.75. The van der Waals surface area contributed by atoms with E-state index >= 15 is 0 Å². The Morgan fingerprint density at radius 3 is 2.56 bits per heavy atom. The van der Waals surface area contributed by atoms with Crippen LogP contribution in [0.5, 0.6) is 0 Å². The summed E-state index contributed by atoms with van der Waals surface area (Å²) in [5.74, 6) is 0.632. The Hall–Kier alpha value is -1.03. The first-order chi connectivity index (χ1) is 12.4. The molecular weight excluding hydrogens is 470 g/mol. The molecule has 27 heavy (non-hydrogen) atoms. The van der Waals surface area contributed by atoms with E-state index in [9.17, 15) is 13.2 Å². The van der Waals surface area contributed by atoms with Crippen molar-refractivity contribution in [3.63, 3.8) is 0 Å². The highest BCUT2D eigenvalue weighted by Crippen LogP contribution is 2.48. The zero-order chi connectivity index (χ0) is 19.0. The Morgan fingerprint density at radius 2 is 1.96 bits per heavy atom. The van der Waals surface area contributed by atoms with Gasteiger partial charge in [0.1, 0.15) is 0 Å². The topological polar surface area (TPSA) is 45.7 Å². The van der Waals surface area contributed by atoms with E-state index in [1.54, 1.807) is 6.07 Å². The zero-order valence-electron chi connectivity index (χ0n) is 15.9. The summed E-state index contributed by atoms with van der Waals surface area (Å²) in [5.41, 5.74) is 0.159. The molecule has 0 heterocycles. The molecule has 154 valence electrons. The van der Waals surface area contributed by atoms with Crippen LogP contribution in [0.25, 0.3) is 0 Å². The van der Waals surface area contributed by atoms with Crippen LogP contribution in [-0.2, 0) is 17.5 Å². The van der Waals surface area contributed by atoms with Gasteiger partial charge in [0, 0.05) is 26.3 Å². The van der Waals surface area contributed by atoms with Gasteiger partial charge in [0.2, 0.25) is 0 Å². The average Bonchev–Trinajstić information content (AvgIpc) is 3.37. The van der Waals surface area contributed by atoms with Gasteiger partial charge in [0.15, 0.2) is 5.96 Å². The van der Waals surface area contributed by atoms with Crippen LogP contribution in [0.3, 0.4) is 0 Å². The molecule has 0 atom stereocenters. The van der Waals surface area contributed by atoms with Gasteiger partial charge in [-0.25, -0.2) is 4.99 Å². The first-order valence-electron chi connectivity index (χ1n) is 9.14. The van der Waals surface area contributed by atoms with Crippen molar-refractivity contribution < 1.29 is 17.9 Å². The van der Waals surface area contributed by atoms with Crippen molar-refractivity contribution in [2.75, 3.05) is 26.3 Å². The van der Waals surface area contributed by atoms with Crippen LogP contribution < -0.4 is 10.6 Å². The van der Waals surface area contributed by atoms with Gasteiger partial charge in [-0.05, 0) is 56.2 Å². The second-order valence-electron chi connectivity index (χ2n) is 6.69. The molecule has 0 amide bonds. The molecule has 0 spiro atoms. The molecule has 1 fully saturated rings. The third-order valence-electron chi connectivity index (χ3n) is 4.59. The number of hydrogen-bond acceptors (Lipinski definition) is 2. The van der Waals surface area contributed by atoms with Crippen molar-refractivity contribution in [3.05, 3.63) is 35.4 Å². The molecule has 0 aromatic heterocycles. The van der Waals surface area contributed by atoms with Gasteiger partial charge in [-0.2, -0.15) is 13.2 Å². The Morgan fingerprint density at radius 1 is 1.22 bits per heavy atom. The number of aliphatic imine (C=N–C) groups is 1. The lowest BCUT2D eigenvalue weighted by molar-refractivity contribution is -0.137. The van der Waals surface area contributed by atoms with Gasteiger partial charge < -0.3 is 15.4 Å². The molecule has 8 heteroatoms. The summed E-state index contributed by atoms with van der Waals surface area (Å²) < 4.78 is 43.9. The summed E-state index contributed by atoms with van der Waals surface area (Å²) in [5, 5.41) is 6.48. The molecule has 0 radical (unpaired) electrons. The first-order valence-corrected chi connectivity index (χ1v) is 9.14. The van der Waals surface area contributed by atoms with E-state index in [0.29, 0.717) is 18.1 Å². The largest absolute Gasteiger partial charge is 0.416 e. The number of alkyl halides is 3. The zero-order valence-corrected chi connectivity index (χ0v) is 18.2. The highest BCUT2D eigenvalue weighted by molar-refractivity contribution is 14.0. The maximum atomic E-state index is 12.8. The van der Waals surface area contributed by atoms with Crippen LogP contribution in [0.2, 0.25) is 0 Å². The average molecular weight is 499 g/mol. The third-order valence-corrected chi connectivity index (χ3v) is 4.59. The van der Waals surface area contributed by atoms with Crippen LogP contribution >= 0.6 is 24.0 Å². The molecule has 1 aliphatic carbocycles. The Labute approximate surface area is 176 Å². The molecule has 0 bridgehead atoms. The smallest absolute Gasteiger partial charge is 0.382 e. The van der Waals surface area contributed by atoms with Crippen LogP contribution in [0.1, 0.15) is 44.2 Å². The van der Waals surface area contributed by atoms with Gasteiger partial charge in [0.25, 0.3) is 0 Å².